The van der Waals surface area contributed by atoms with Gasteiger partial charge in [-0.2, -0.15) is 0 Å². The number of hydrogen-bond donors (Lipinski definition) is 1. The normalized spacial score (nSPS) is 10.8. The first-order chi connectivity index (χ1) is 7.77. The molecule has 1 N–H and O–H groups in total. The Balaban J connectivity index is 2.29. The van der Waals surface area contributed by atoms with Gasteiger partial charge >= 0.3 is 0 Å². The Labute approximate surface area is 94.9 Å². The average molecular weight is 211 g/mol. The molecule has 0 unspecified atom stereocenters. The summed E-state index contributed by atoms with van der Waals surface area (Å²) < 4.78 is 0. The highest BCUT2D eigenvalue weighted by Crippen LogP contribution is 2.19. The maximum Gasteiger partial charge on any atom is 0.124 e. The number of phenolic OH excluding ortho intramolecular Hbond substituents is 1. The summed E-state index contributed by atoms with van der Waals surface area (Å²) in [6.07, 6.45) is 1.68. The number of aliphatic imine (C=N–C) groups is 1. The second-order valence-corrected chi connectivity index (χ2v) is 3.60. The molecule has 0 bridgehead atoms. The highest BCUT2D eigenvalue weighted by Gasteiger charge is 1.96. The summed E-state index contributed by atoms with van der Waals surface area (Å²) in [5.41, 5.74) is 2.77. The van der Waals surface area contributed by atoms with Crippen LogP contribution in [-0.2, 0) is 0 Å². The maximum atomic E-state index is 9.57. The molecule has 16 heavy (non-hydrogen) atoms. The molecule has 2 heteroatoms. The fraction of sp³-hybridized carbons (Fsp3) is 0.0714. The number of phenols is 1. The van der Waals surface area contributed by atoms with E-state index in [0.29, 0.717) is 0 Å². The molecule has 2 aromatic rings. The molecule has 0 aliphatic rings. The maximum absolute atomic E-state index is 9.57. The van der Waals surface area contributed by atoms with E-state index in [-0.39, 0.29) is 5.75 Å². The molecule has 0 amide bonds. The van der Waals surface area contributed by atoms with Crippen molar-refractivity contribution in [2.45, 2.75) is 6.92 Å². The van der Waals surface area contributed by atoms with E-state index < -0.39 is 0 Å². The van der Waals surface area contributed by atoms with E-state index in [1.807, 2.05) is 43.3 Å². The SMILES string of the molecule is Cc1ccccc1/N=C\c1ccccc1O. The van der Waals surface area contributed by atoms with Crippen LogP contribution in [0.5, 0.6) is 5.75 Å². The molecule has 2 aromatic carbocycles. The number of para-hydroxylation sites is 2. The summed E-state index contributed by atoms with van der Waals surface area (Å²) in [5.74, 6) is 0.250. The lowest BCUT2D eigenvalue weighted by molar-refractivity contribution is 0.474. The van der Waals surface area contributed by atoms with Crippen molar-refractivity contribution in [2.75, 3.05) is 0 Å². The molecule has 0 saturated heterocycles. The molecule has 2 nitrogen and oxygen atoms in total. The molecule has 2 rings (SSSR count). The Hall–Kier alpha value is -2.09. The molecular formula is C14H13NO. The summed E-state index contributed by atoms with van der Waals surface area (Å²) in [6, 6.07) is 15.0. The largest absolute Gasteiger partial charge is 0.507 e. The van der Waals surface area contributed by atoms with Crippen LogP contribution in [0.15, 0.2) is 53.5 Å². The first-order valence-corrected chi connectivity index (χ1v) is 5.15. The molecule has 0 spiro atoms. The lowest BCUT2D eigenvalue weighted by atomic mass is 10.2. The minimum Gasteiger partial charge on any atom is -0.507 e. The first-order valence-electron chi connectivity index (χ1n) is 5.15. The number of aromatic hydroxyl groups is 1. The highest BCUT2D eigenvalue weighted by molar-refractivity contribution is 5.85. The summed E-state index contributed by atoms with van der Waals surface area (Å²) in [5, 5.41) is 9.57. The predicted molar refractivity (Wildman–Crippen MR) is 66.5 cm³/mol. The van der Waals surface area contributed by atoms with Crippen molar-refractivity contribution in [3.05, 3.63) is 59.7 Å². The number of benzene rings is 2. The van der Waals surface area contributed by atoms with Crippen LogP contribution in [0.25, 0.3) is 0 Å². The Morgan fingerprint density at radius 1 is 1.00 bits per heavy atom. The van der Waals surface area contributed by atoms with Crippen LogP contribution in [0.3, 0.4) is 0 Å². The van der Waals surface area contributed by atoms with Crippen molar-refractivity contribution < 1.29 is 5.11 Å². The zero-order valence-corrected chi connectivity index (χ0v) is 9.09. The van der Waals surface area contributed by atoms with E-state index >= 15 is 0 Å². The molecule has 0 fully saturated rings. The molecule has 0 aliphatic heterocycles. The van der Waals surface area contributed by atoms with Gasteiger partial charge in [0.2, 0.25) is 0 Å². The van der Waals surface area contributed by atoms with Gasteiger partial charge in [0.05, 0.1) is 5.69 Å². The van der Waals surface area contributed by atoms with E-state index in [2.05, 4.69) is 4.99 Å². The third-order valence-electron chi connectivity index (χ3n) is 2.39. The Bertz CT molecular complexity index is 470. The van der Waals surface area contributed by atoms with Gasteiger partial charge in [-0.25, -0.2) is 0 Å². The molecule has 0 atom stereocenters. The molecule has 0 aromatic heterocycles. The van der Waals surface area contributed by atoms with Crippen molar-refractivity contribution in [1.82, 2.24) is 0 Å². The van der Waals surface area contributed by atoms with E-state index in [1.54, 1.807) is 18.3 Å². The van der Waals surface area contributed by atoms with Gasteiger partial charge in [-0.05, 0) is 30.7 Å². The van der Waals surface area contributed by atoms with Crippen molar-refractivity contribution in [1.29, 1.82) is 0 Å². The summed E-state index contributed by atoms with van der Waals surface area (Å²) in [4.78, 5) is 4.35. The fourth-order valence-electron chi connectivity index (χ4n) is 1.44. The monoisotopic (exact) mass is 211 g/mol. The fourth-order valence-corrected chi connectivity index (χ4v) is 1.44. The van der Waals surface area contributed by atoms with Crippen LogP contribution >= 0.6 is 0 Å². The highest BCUT2D eigenvalue weighted by atomic mass is 16.3. The molecule has 0 saturated carbocycles. The zero-order chi connectivity index (χ0) is 11.4. The van der Waals surface area contributed by atoms with E-state index in [1.165, 1.54) is 0 Å². The standard InChI is InChI=1S/C14H13NO/c1-11-6-2-4-8-13(11)15-10-12-7-3-5-9-14(12)16/h2-10,16H,1H3/b15-10-. The third-order valence-corrected chi connectivity index (χ3v) is 2.39. The second kappa shape index (κ2) is 4.62. The van der Waals surface area contributed by atoms with Gasteiger partial charge in [-0.3, -0.25) is 4.99 Å². The van der Waals surface area contributed by atoms with Gasteiger partial charge < -0.3 is 5.11 Å². The lowest BCUT2D eigenvalue weighted by Gasteiger charge is -1.99. The van der Waals surface area contributed by atoms with Crippen molar-refractivity contribution in [3.63, 3.8) is 0 Å². The van der Waals surface area contributed by atoms with Crippen molar-refractivity contribution in [2.24, 2.45) is 4.99 Å². The molecule has 0 heterocycles. The Morgan fingerprint density at radius 3 is 2.44 bits per heavy atom. The minimum absolute atomic E-state index is 0.250. The van der Waals surface area contributed by atoms with Crippen molar-refractivity contribution in [3.8, 4) is 5.75 Å². The number of rotatable bonds is 2. The Morgan fingerprint density at radius 2 is 1.69 bits per heavy atom. The van der Waals surface area contributed by atoms with Gasteiger partial charge in [-0.1, -0.05) is 30.3 Å². The van der Waals surface area contributed by atoms with Gasteiger partial charge in [0.15, 0.2) is 0 Å². The quantitative estimate of drug-likeness (QED) is 0.758. The van der Waals surface area contributed by atoms with Gasteiger partial charge in [-0.15, -0.1) is 0 Å². The van der Waals surface area contributed by atoms with Gasteiger partial charge in [0.1, 0.15) is 5.75 Å². The minimum atomic E-state index is 0.250. The van der Waals surface area contributed by atoms with E-state index in [9.17, 15) is 5.11 Å². The number of hydrogen-bond acceptors (Lipinski definition) is 2. The third kappa shape index (κ3) is 2.28. The lowest BCUT2D eigenvalue weighted by Crippen LogP contribution is -1.81. The summed E-state index contributed by atoms with van der Waals surface area (Å²) in [7, 11) is 0. The van der Waals surface area contributed by atoms with Crippen LogP contribution in [-0.4, -0.2) is 11.3 Å². The zero-order valence-electron chi connectivity index (χ0n) is 9.09. The van der Waals surface area contributed by atoms with Crippen LogP contribution < -0.4 is 0 Å². The molecule has 80 valence electrons. The van der Waals surface area contributed by atoms with E-state index in [4.69, 9.17) is 0 Å². The molecule has 0 radical (unpaired) electrons. The average Bonchev–Trinajstić information content (AvgIpc) is 2.30. The predicted octanol–water partition coefficient (Wildman–Crippen LogP) is 3.45. The van der Waals surface area contributed by atoms with Crippen LogP contribution in [0.2, 0.25) is 0 Å². The topological polar surface area (TPSA) is 32.6 Å². The number of nitrogens with zero attached hydrogens (tertiary/aromatic N) is 1. The molecule has 0 aliphatic carbocycles. The first kappa shape index (κ1) is 10.4. The van der Waals surface area contributed by atoms with Gasteiger partial charge in [0.25, 0.3) is 0 Å². The van der Waals surface area contributed by atoms with Crippen molar-refractivity contribution >= 4 is 11.9 Å². The summed E-state index contributed by atoms with van der Waals surface area (Å²) >= 11 is 0. The van der Waals surface area contributed by atoms with Crippen LogP contribution in [0.4, 0.5) is 5.69 Å². The molecular weight excluding hydrogens is 198 g/mol. The second-order valence-electron chi connectivity index (χ2n) is 3.60. The van der Waals surface area contributed by atoms with Gasteiger partial charge in [0, 0.05) is 11.8 Å². The van der Waals surface area contributed by atoms with E-state index in [0.717, 1.165) is 16.8 Å². The Kier molecular flexibility index (Phi) is 3.01. The smallest absolute Gasteiger partial charge is 0.124 e. The number of aryl methyl sites for hydroxylation is 1. The van der Waals surface area contributed by atoms with Crippen LogP contribution in [0, 0.1) is 6.92 Å². The van der Waals surface area contributed by atoms with Crippen LogP contribution in [0.1, 0.15) is 11.1 Å². The summed E-state index contributed by atoms with van der Waals surface area (Å²) in [6.45, 7) is 2.01.